The van der Waals surface area contributed by atoms with E-state index in [0.29, 0.717) is 5.56 Å². The second-order valence-corrected chi connectivity index (χ2v) is 7.14. The fraction of sp³-hybridized carbons (Fsp3) is 0.316. The highest BCUT2D eigenvalue weighted by molar-refractivity contribution is 5.90. The van der Waals surface area contributed by atoms with E-state index in [1.54, 1.807) is 0 Å². The first kappa shape index (κ1) is 19.9. The molecule has 0 unspecified atom stereocenters. The van der Waals surface area contributed by atoms with Crippen LogP contribution in [0.1, 0.15) is 41.7 Å². The molecule has 4 rings (SSSR count). The van der Waals surface area contributed by atoms with Gasteiger partial charge in [0.2, 0.25) is 5.95 Å². The standard InChI is InChI=1S/C19H17F4N5O2/c1-8-12-4-10(20)5-13(9-2-3-9)15(12)30-14(8)16(19(21,22)23)28-18(29)27-11-6-25-17(24)26-7-11/h4-7,9,16H,2-3H2,1H3,(H2,24,25,26)(H2,27,28,29)/t16-/m1/s1. The largest absolute Gasteiger partial charge is 0.458 e. The summed E-state index contributed by atoms with van der Waals surface area (Å²) < 4.78 is 61.0. The average molecular weight is 423 g/mol. The number of hydrogen-bond donors (Lipinski definition) is 3. The molecule has 3 aromatic rings. The van der Waals surface area contributed by atoms with E-state index in [0.717, 1.165) is 31.3 Å². The molecule has 1 atom stereocenters. The fourth-order valence-corrected chi connectivity index (χ4v) is 3.30. The molecule has 2 aromatic heterocycles. The molecule has 158 valence electrons. The van der Waals surface area contributed by atoms with Gasteiger partial charge in [-0.15, -0.1) is 0 Å². The molecule has 1 aliphatic carbocycles. The number of furan rings is 1. The van der Waals surface area contributed by atoms with Gasteiger partial charge in [0.05, 0.1) is 18.1 Å². The van der Waals surface area contributed by atoms with Crippen LogP contribution in [0.2, 0.25) is 0 Å². The minimum atomic E-state index is -4.86. The number of amides is 2. The molecule has 0 aliphatic heterocycles. The number of hydrogen-bond acceptors (Lipinski definition) is 5. The van der Waals surface area contributed by atoms with Crippen molar-refractivity contribution in [3.05, 3.63) is 47.2 Å². The van der Waals surface area contributed by atoms with Crippen LogP contribution in [0.25, 0.3) is 11.0 Å². The van der Waals surface area contributed by atoms with Crippen molar-refractivity contribution in [3.63, 3.8) is 0 Å². The Kier molecular flexibility index (Phi) is 4.75. The maximum Gasteiger partial charge on any atom is 0.416 e. The van der Waals surface area contributed by atoms with Gasteiger partial charge in [-0.1, -0.05) is 0 Å². The number of nitrogen functional groups attached to an aromatic ring is 1. The zero-order chi connectivity index (χ0) is 21.6. The zero-order valence-electron chi connectivity index (χ0n) is 15.7. The SMILES string of the molecule is Cc1c([C@@H](NC(=O)Nc2cnc(N)nc2)C(F)(F)F)oc2c(C3CC3)cc(F)cc12. The summed E-state index contributed by atoms with van der Waals surface area (Å²) in [5.74, 6) is -1.02. The third kappa shape index (κ3) is 3.87. The molecule has 1 fully saturated rings. The minimum absolute atomic E-state index is 0.0503. The highest BCUT2D eigenvalue weighted by atomic mass is 19.4. The number of nitrogens with one attached hydrogen (secondary N) is 2. The van der Waals surface area contributed by atoms with Gasteiger partial charge in [0.1, 0.15) is 17.2 Å². The van der Waals surface area contributed by atoms with Crippen LogP contribution >= 0.6 is 0 Å². The molecule has 7 nitrogen and oxygen atoms in total. The van der Waals surface area contributed by atoms with E-state index >= 15 is 0 Å². The Morgan fingerprint density at radius 3 is 2.53 bits per heavy atom. The van der Waals surface area contributed by atoms with Crippen molar-refractivity contribution in [1.82, 2.24) is 15.3 Å². The Morgan fingerprint density at radius 1 is 1.27 bits per heavy atom. The van der Waals surface area contributed by atoms with E-state index < -0.39 is 29.8 Å². The second kappa shape index (κ2) is 7.15. The van der Waals surface area contributed by atoms with Gasteiger partial charge in [-0.2, -0.15) is 13.2 Å². The van der Waals surface area contributed by atoms with Crippen molar-refractivity contribution in [2.45, 2.75) is 37.9 Å². The molecule has 30 heavy (non-hydrogen) atoms. The quantitative estimate of drug-likeness (QED) is 0.534. The van der Waals surface area contributed by atoms with E-state index in [-0.39, 0.29) is 34.1 Å². The Morgan fingerprint density at radius 2 is 1.93 bits per heavy atom. The van der Waals surface area contributed by atoms with E-state index in [2.05, 4.69) is 15.3 Å². The number of carbonyl (C=O) groups is 1. The van der Waals surface area contributed by atoms with Crippen LogP contribution in [0.4, 0.5) is 34.0 Å². The Bertz CT molecular complexity index is 1110. The van der Waals surface area contributed by atoms with Gasteiger partial charge in [0, 0.05) is 16.5 Å². The summed E-state index contributed by atoms with van der Waals surface area (Å²) in [6, 6.07) is -1.15. The number of rotatable bonds is 4. The van der Waals surface area contributed by atoms with Crippen LogP contribution in [0.3, 0.4) is 0 Å². The molecule has 1 saturated carbocycles. The van der Waals surface area contributed by atoms with Crippen molar-refractivity contribution >= 4 is 28.6 Å². The first-order valence-electron chi connectivity index (χ1n) is 9.07. The van der Waals surface area contributed by atoms with Crippen molar-refractivity contribution in [3.8, 4) is 0 Å². The van der Waals surface area contributed by atoms with E-state index in [1.165, 1.54) is 13.0 Å². The Hall–Kier alpha value is -3.37. The molecular formula is C19H17F4N5O2. The number of nitrogens with zero attached hydrogens (tertiary/aromatic N) is 2. The van der Waals surface area contributed by atoms with Crippen LogP contribution in [0.15, 0.2) is 28.9 Å². The topological polar surface area (TPSA) is 106 Å². The normalized spacial score (nSPS) is 15.2. The van der Waals surface area contributed by atoms with Gasteiger partial charge in [-0.3, -0.25) is 0 Å². The van der Waals surface area contributed by atoms with Crippen LogP contribution in [-0.2, 0) is 0 Å². The second-order valence-electron chi connectivity index (χ2n) is 7.14. The molecular weight excluding hydrogens is 406 g/mol. The Labute approximate surface area is 167 Å². The van der Waals surface area contributed by atoms with Crippen LogP contribution < -0.4 is 16.4 Å². The molecule has 0 saturated heterocycles. The smallest absolute Gasteiger partial charge is 0.416 e. The number of urea groups is 1. The summed E-state index contributed by atoms with van der Waals surface area (Å²) in [6.45, 7) is 1.41. The van der Waals surface area contributed by atoms with E-state index in [9.17, 15) is 22.4 Å². The van der Waals surface area contributed by atoms with Gasteiger partial charge >= 0.3 is 12.2 Å². The fourth-order valence-electron chi connectivity index (χ4n) is 3.30. The molecule has 1 aromatic carbocycles. The summed E-state index contributed by atoms with van der Waals surface area (Å²) in [5.41, 5.74) is 6.27. The zero-order valence-corrected chi connectivity index (χ0v) is 15.7. The molecule has 0 radical (unpaired) electrons. The van der Waals surface area contributed by atoms with E-state index in [4.69, 9.17) is 10.2 Å². The maximum absolute atomic E-state index is 14.0. The highest BCUT2D eigenvalue weighted by Gasteiger charge is 2.45. The number of nitrogens with two attached hydrogens (primary N) is 1. The van der Waals surface area contributed by atoms with Crippen molar-refractivity contribution in [2.75, 3.05) is 11.1 Å². The van der Waals surface area contributed by atoms with Crippen molar-refractivity contribution in [2.24, 2.45) is 0 Å². The van der Waals surface area contributed by atoms with Crippen molar-refractivity contribution < 1.29 is 26.8 Å². The Balaban J connectivity index is 1.68. The molecule has 2 heterocycles. The molecule has 4 N–H and O–H groups in total. The van der Waals surface area contributed by atoms with Crippen LogP contribution in [0.5, 0.6) is 0 Å². The maximum atomic E-state index is 14.0. The molecule has 2 amide bonds. The van der Waals surface area contributed by atoms with Gasteiger partial charge in [0.25, 0.3) is 0 Å². The van der Waals surface area contributed by atoms with Gasteiger partial charge < -0.3 is 20.8 Å². The molecule has 11 heteroatoms. The summed E-state index contributed by atoms with van der Waals surface area (Å²) in [5, 5.41) is 4.34. The number of halogens is 4. The minimum Gasteiger partial charge on any atom is -0.458 e. The molecule has 0 spiro atoms. The predicted molar refractivity (Wildman–Crippen MR) is 100 cm³/mol. The van der Waals surface area contributed by atoms with Crippen molar-refractivity contribution in [1.29, 1.82) is 0 Å². The first-order chi connectivity index (χ1) is 14.1. The predicted octanol–water partition coefficient (Wildman–Crippen LogP) is 4.56. The average Bonchev–Trinajstić information content (AvgIpc) is 3.46. The number of aryl methyl sites for hydroxylation is 1. The lowest BCUT2D eigenvalue weighted by atomic mass is 10.0. The monoisotopic (exact) mass is 423 g/mol. The lowest BCUT2D eigenvalue weighted by molar-refractivity contribution is -0.158. The van der Waals surface area contributed by atoms with Crippen LogP contribution in [-0.4, -0.2) is 22.2 Å². The third-order valence-electron chi connectivity index (χ3n) is 4.88. The molecule has 0 bridgehead atoms. The summed E-state index contributed by atoms with van der Waals surface area (Å²) in [6.07, 6.45) is -0.906. The lowest BCUT2D eigenvalue weighted by Crippen LogP contribution is -2.40. The number of carbonyl (C=O) groups excluding carboxylic acids is 1. The molecule has 1 aliphatic rings. The van der Waals surface area contributed by atoms with Crippen LogP contribution in [0, 0.1) is 12.7 Å². The summed E-state index contributed by atoms with van der Waals surface area (Å²) >= 11 is 0. The number of anilines is 2. The number of benzene rings is 1. The van der Waals surface area contributed by atoms with Gasteiger partial charge in [0.15, 0.2) is 6.04 Å². The first-order valence-corrected chi connectivity index (χ1v) is 9.07. The number of aromatic nitrogens is 2. The van der Waals surface area contributed by atoms with E-state index in [1.807, 2.05) is 5.32 Å². The van der Waals surface area contributed by atoms with Gasteiger partial charge in [-0.25, -0.2) is 19.2 Å². The summed E-state index contributed by atoms with van der Waals surface area (Å²) in [4.78, 5) is 19.5. The summed E-state index contributed by atoms with van der Waals surface area (Å²) in [7, 11) is 0. The lowest BCUT2D eigenvalue weighted by Gasteiger charge is -2.20. The number of alkyl halides is 3. The van der Waals surface area contributed by atoms with Gasteiger partial charge in [-0.05, 0) is 37.8 Å². The highest BCUT2D eigenvalue weighted by Crippen LogP contribution is 2.46. The number of fused-ring (bicyclic) bond motifs is 1. The third-order valence-corrected chi connectivity index (χ3v) is 4.88.